The lowest BCUT2D eigenvalue weighted by atomic mass is 10.2. The Morgan fingerprint density at radius 3 is 1.11 bits per heavy atom. The van der Waals surface area contributed by atoms with Crippen LogP contribution in [0.25, 0.3) is 0 Å². The van der Waals surface area contributed by atoms with Crippen molar-refractivity contribution in [3.63, 3.8) is 0 Å². The third-order valence-corrected chi connectivity index (χ3v) is 6.52. The topological polar surface area (TPSA) is 179 Å². The number of carboxylic acid groups (broad SMARTS) is 2. The van der Waals surface area contributed by atoms with Gasteiger partial charge in [0.05, 0.1) is 0 Å². The molecule has 3 rings (SSSR count). The van der Waals surface area contributed by atoms with E-state index in [0.29, 0.717) is 58.2 Å². The smallest absolute Gasteiger partial charge is 0.326 e. The zero-order valence-electron chi connectivity index (χ0n) is 21.5. The summed E-state index contributed by atoms with van der Waals surface area (Å²) in [5.41, 5.74) is 5.16. The molecule has 4 N–H and O–H groups in total. The van der Waals surface area contributed by atoms with Crippen LogP contribution in [0.5, 0.6) is 0 Å². The fourth-order valence-electron chi connectivity index (χ4n) is 4.63. The number of hydrogen-bond donors (Lipinski definition) is 3. The highest BCUT2D eigenvalue weighted by Gasteiger charge is 2.32. The number of primary amides is 1. The van der Waals surface area contributed by atoms with Gasteiger partial charge in [-0.25, -0.2) is 9.59 Å². The van der Waals surface area contributed by atoms with Crippen molar-refractivity contribution in [2.75, 3.05) is 19.6 Å². The van der Waals surface area contributed by atoms with Gasteiger partial charge in [0, 0.05) is 38.9 Å². The molecule has 0 spiro atoms. The Kier molecular flexibility index (Phi) is 12.9. The van der Waals surface area contributed by atoms with Crippen LogP contribution in [0.15, 0.2) is 0 Å². The lowest BCUT2D eigenvalue weighted by Crippen LogP contribution is -2.44. The molecule has 3 aliphatic heterocycles. The first-order valence-corrected chi connectivity index (χ1v) is 12.6. The molecular formula is C24H40N4O8. The Bertz CT molecular complexity index is 713. The molecule has 3 fully saturated rings. The Balaban J connectivity index is 0.000000270. The molecule has 3 atom stereocenters. The van der Waals surface area contributed by atoms with Crippen LogP contribution in [-0.4, -0.2) is 98.2 Å². The number of carbonyl (C=O) groups excluding carboxylic acids is 4. The third-order valence-electron chi connectivity index (χ3n) is 6.52. The van der Waals surface area contributed by atoms with E-state index in [1.165, 1.54) is 9.80 Å². The second-order valence-electron chi connectivity index (χ2n) is 8.92. The molecule has 0 aromatic heterocycles. The maximum atomic E-state index is 11.2. The summed E-state index contributed by atoms with van der Waals surface area (Å²) in [6.45, 7) is 7.31. The van der Waals surface area contributed by atoms with Crippen LogP contribution in [0.3, 0.4) is 0 Å². The van der Waals surface area contributed by atoms with Crippen LogP contribution in [-0.2, 0) is 28.8 Å². The zero-order chi connectivity index (χ0) is 27.4. The Morgan fingerprint density at radius 1 is 0.667 bits per heavy atom. The number of carboxylic acids is 2. The summed E-state index contributed by atoms with van der Waals surface area (Å²) in [6.07, 6.45) is 5.59. The molecule has 3 heterocycles. The number of nitrogens with zero attached hydrogens (tertiary/aromatic N) is 3. The van der Waals surface area contributed by atoms with Crippen molar-refractivity contribution in [2.45, 2.75) is 96.7 Å². The molecule has 12 heteroatoms. The third kappa shape index (κ3) is 8.49. The second kappa shape index (κ2) is 15.0. The molecule has 0 radical (unpaired) electrons. The average Bonchev–Trinajstić information content (AvgIpc) is 3.54. The largest absolute Gasteiger partial charge is 0.480 e. The maximum Gasteiger partial charge on any atom is 0.326 e. The number of carbonyl (C=O) groups is 6. The second-order valence-corrected chi connectivity index (χ2v) is 8.92. The summed E-state index contributed by atoms with van der Waals surface area (Å²) in [7, 11) is 0. The van der Waals surface area contributed by atoms with E-state index in [4.69, 9.17) is 15.9 Å². The minimum absolute atomic E-state index is 0.0238. The number of rotatable bonds is 9. The minimum atomic E-state index is -0.896. The summed E-state index contributed by atoms with van der Waals surface area (Å²) in [6, 6.07) is -1.61. The molecule has 204 valence electrons. The number of hydrogen-bond acceptors (Lipinski definition) is 6. The Hall–Kier alpha value is -3.18. The average molecular weight is 513 g/mol. The van der Waals surface area contributed by atoms with Gasteiger partial charge in [-0.3, -0.25) is 19.2 Å². The molecule has 0 saturated carbocycles. The predicted octanol–water partition coefficient (Wildman–Crippen LogP) is 0.817. The molecular weight excluding hydrogens is 472 g/mol. The first-order chi connectivity index (χ1) is 17.0. The lowest BCUT2D eigenvalue weighted by Gasteiger charge is -2.23. The summed E-state index contributed by atoms with van der Waals surface area (Å²) in [5, 5.41) is 17.5. The van der Waals surface area contributed by atoms with E-state index in [1.807, 2.05) is 6.92 Å². The van der Waals surface area contributed by atoms with Crippen molar-refractivity contribution >= 4 is 35.6 Å². The fraction of sp³-hybridized carbons (Fsp3) is 0.750. The van der Waals surface area contributed by atoms with E-state index in [-0.39, 0.29) is 23.8 Å². The number of amides is 4. The molecule has 12 nitrogen and oxygen atoms in total. The van der Waals surface area contributed by atoms with Crippen molar-refractivity contribution in [3.05, 3.63) is 0 Å². The van der Waals surface area contributed by atoms with Crippen molar-refractivity contribution in [1.29, 1.82) is 0 Å². The van der Waals surface area contributed by atoms with Crippen LogP contribution in [0.1, 0.15) is 78.6 Å². The summed E-state index contributed by atoms with van der Waals surface area (Å²) in [5.74, 6) is -2.18. The highest BCUT2D eigenvalue weighted by atomic mass is 16.4. The summed E-state index contributed by atoms with van der Waals surface area (Å²) in [4.78, 5) is 70.2. The molecule has 3 aliphatic rings. The quantitative estimate of drug-likeness (QED) is 0.406. The van der Waals surface area contributed by atoms with Gasteiger partial charge in [-0.15, -0.1) is 0 Å². The van der Waals surface area contributed by atoms with Crippen LogP contribution in [0.2, 0.25) is 0 Å². The Labute approximate surface area is 211 Å². The molecule has 0 bridgehead atoms. The Morgan fingerprint density at radius 2 is 0.944 bits per heavy atom. The molecule has 0 aromatic carbocycles. The molecule has 0 aliphatic carbocycles. The van der Waals surface area contributed by atoms with Gasteiger partial charge in [0.1, 0.15) is 18.1 Å². The van der Waals surface area contributed by atoms with Crippen molar-refractivity contribution in [3.8, 4) is 0 Å². The van der Waals surface area contributed by atoms with Gasteiger partial charge in [-0.1, -0.05) is 20.8 Å². The molecule has 0 aromatic rings. The first kappa shape index (κ1) is 30.9. The molecule has 36 heavy (non-hydrogen) atoms. The van der Waals surface area contributed by atoms with Crippen LogP contribution >= 0.6 is 0 Å². The summed E-state index contributed by atoms with van der Waals surface area (Å²) < 4.78 is 0. The molecule has 4 amide bonds. The van der Waals surface area contributed by atoms with Gasteiger partial charge >= 0.3 is 11.9 Å². The van der Waals surface area contributed by atoms with E-state index in [1.54, 1.807) is 18.7 Å². The molecule has 3 unspecified atom stereocenters. The van der Waals surface area contributed by atoms with E-state index in [0.717, 1.165) is 19.3 Å². The van der Waals surface area contributed by atoms with Gasteiger partial charge < -0.3 is 30.6 Å². The van der Waals surface area contributed by atoms with Crippen LogP contribution < -0.4 is 5.73 Å². The highest BCUT2D eigenvalue weighted by Crippen LogP contribution is 2.17. The van der Waals surface area contributed by atoms with Gasteiger partial charge in [0.2, 0.25) is 23.6 Å². The first-order valence-electron chi connectivity index (χ1n) is 12.6. The van der Waals surface area contributed by atoms with Crippen molar-refractivity contribution in [2.24, 2.45) is 5.73 Å². The number of nitrogens with two attached hydrogens (primary N) is 1. The summed E-state index contributed by atoms with van der Waals surface area (Å²) >= 11 is 0. The van der Waals surface area contributed by atoms with Gasteiger partial charge in [-0.05, 0) is 38.5 Å². The number of likely N-dealkylation sites (tertiary alicyclic amines) is 3. The monoisotopic (exact) mass is 512 g/mol. The molecule has 3 saturated heterocycles. The number of aliphatic carboxylic acids is 2. The van der Waals surface area contributed by atoms with Crippen LogP contribution in [0, 0.1) is 0 Å². The van der Waals surface area contributed by atoms with E-state index in [9.17, 15) is 28.8 Å². The predicted molar refractivity (Wildman–Crippen MR) is 130 cm³/mol. The zero-order valence-corrected chi connectivity index (χ0v) is 21.5. The standard InChI is InChI=1S/C8H14N2O2.2C8H13NO3/c1-2-6(8(9)12)10-5-3-4-7(10)11;2*1-2-6(8(11)12)9-5-3-4-7(9)10/h6H,2-5H2,1H3,(H2,9,12);2*6H,2-5H2,1H3,(H,11,12). The minimum Gasteiger partial charge on any atom is -0.480 e. The highest BCUT2D eigenvalue weighted by molar-refractivity contribution is 5.87. The lowest BCUT2D eigenvalue weighted by molar-refractivity contribution is -0.148. The van der Waals surface area contributed by atoms with E-state index < -0.39 is 29.9 Å². The van der Waals surface area contributed by atoms with E-state index in [2.05, 4.69) is 0 Å². The van der Waals surface area contributed by atoms with Gasteiger partial charge in [-0.2, -0.15) is 0 Å². The van der Waals surface area contributed by atoms with Gasteiger partial charge in [0.15, 0.2) is 0 Å². The SMILES string of the molecule is CCC(C(=O)O)N1CCCC1=O.CCC(C(=O)O)N1CCCC1=O.CCC(C(N)=O)N1CCCC1=O. The van der Waals surface area contributed by atoms with Crippen LogP contribution in [0.4, 0.5) is 0 Å². The fourth-order valence-corrected chi connectivity index (χ4v) is 4.63. The maximum absolute atomic E-state index is 11.2. The van der Waals surface area contributed by atoms with E-state index >= 15 is 0 Å². The van der Waals surface area contributed by atoms with Crippen molar-refractivity contribution < 1.29 is 39.0 Å². The van der Waals surface area contributed by atoms with Crippen molar-refractivity contribution in [1.82, 2.24) is 14.7 Å². The van der Waals surface area contributed by atoms with Gasteiger partial charge in [0.25, 0.3) is 0 Å². The normalized spacial score (nSPS) is 19.8.